The molecule has 1 aromatic carbocycles. The van der Waals surface area contributed by atoms with E-state index in [-0.39, 0.29) is 12.1 Å². The number of piperazine rings is 1. The second-order valence-corrected chi connectivity index (χ2v) is 6.42. The summed E-state index contributed by atoms with van der Waals surface area (Å²) in [4.78, 5) is 2.39. The number of aliphatic hydroxyl groups excluding tert-OH is 1. The number of benzene rings is 1. The van der Waals surface area contributed by atoms with Gasteiger partial charge in [0.1, 0.15) is 0 Å². The van der Waals surface area contributed by atoms with E-state index >= 15 is 0 Å². The standard InChI is InChI=1S/C14H21BrN2O/c1-14(2)10-17(9-11(16-14)7-8-18)13-6-4-3-5-12(13)15/h3-6,11,16,18H,7-10H2,1-2H3. The number of rotatable bonds is 3. The molecule has 0 aliphatic carbocycles. The van der Waals surface area contributed by atoms with E-state index in [4.69, 9.17) is 5.11 Å². The molecule has 1 unspecified atom stereocenters. The largest absolute Gasteiger partial charge is 0.396 e. The molecular formula is C14H21BrN2O. The molecule has 1 aliphatic heterocycles. The summed E-state index contributed by atoms with van der Waals surface area (Å²) in [5, 5.41) is 12.7. The maximum atomic E-state index is 9.13. The van der Waals surface area contributed by atoms with Crippen LogP contribution >= 0.6 is 15.9 Å². The van der Waals surface area contributed by atoms with Crippen molar-refractivity contribution in [3.63, 3.8) is 0 Å². The third kappa shape index (κ3) is 3.25. The minimum absolute atomic E-state index is 0.0629. The van der Waals surface area contributed by atoms with Gasteiger partial charge in [-0.2, -0.15) is 0 Å². The molecule has 18 heavy (non-hydrogen) atoms. The topological polar surface area (TPSA) is 35.5 Å². The van der Waals surface area contributed by atoms with Crippen LogP contribution in [0.25, 0.3) is 0 Å². The van der Waals surface area contributed by atoms with Crippen LogP contribution in [-0.4, -0.2) is 36.4 Å². The molecule has 3 nitrogen and oxygen atoms in total. The Morgan fingerprint density at radius 2 is 2.17 bits per heavy atom. The molecule has 0 saturated carbocycles. The predicted molar refractivity (Wildman–Crippen MR) is 79.1 cm³/mol. The van der Waals surface area contributed by atoms with Gasteiger partial charge in [-0.25, -0.2) is 0 Å². The molecule has 0 spiro atoms. The van der Waals surface area contributed by atoms with Crippen molar-refractivity contribution in [2.24, 2.45) is 0 Å². The molecule has 0 bridgehead atoms. The van der Waals surface area contributed by atoms with Crippen molar-refractivity contribution in [3.05, 3.63) is 28.7 Å². The van der Waals surface area contributed by atoms with Crippen molar-refractivity contribution in [2.75, 3.05) is 24.6 Å². The van der Waals surface area contributed by atoms with Gasteiger partial charge in [-0.1, -0.05) is 12.1 Å². The average molecular weight is 313 g/mol. The molecule has 0 aromatic heterocycles. The highest BCUT2D eigenvalue weighted by molar-refractivity contribution is 9.10. The highest BCUT2D eigenvalue weighted by Gasteiger charge is 2.32. The highest BCUT2D eigenvalue weighted by atomic mass is 79.9. The Bertz CT molecular complexity index is 409. The van der Waals surface area contributed by atoms with E-state index in [1.54, 1.807) is 0 Å². The van der Waals surface area contributed by atoms with E-state index in [2.05, 4.69) is 58.2 Å². The van der Waals surface area contributed by atoms with Crippen LogP contribution in [0.2, 0.25) is 0 Å². The van der Waals surface area contributed by atoms with Crippen molar-refractivity contribution in [1.82, 2.24) is 5.32 Å². The maximum Gasteiger partial charge on any atom is 0.0511 e. The molecule has 1 fully saturated rings. The lowest BCUT2D eigenvalue weighted by Gasteiger charge is -2.45. The molecule has 0 amide bonds. The van der Waals surface area contributed by atoms with E-state index in [9.17, 15) is 0 Å². The molecule has 1 heterocycles. The van der Waals surface area contributed by atoms with Crippen LogP contribution in [0, 0.1) is 0 Å². The van der Waals surface area contributed by atoms with Crippen LogP contribution < -0.4 is 10.2 Å². The molecule has 1 atom stereocenters. The number of hydrogen-bond donors (Lipinski definition) is 2. The summed E-state index contributed by atoms with van der Waals surface area (Å²) in [6, 6.07) is 8.65. The quantitative estimate of drug-likeness (QED) is 0.899. The number of aliphatic hydroxyl groups is 1. The molecule has 100 valence electrons. The zero-order valence-electron chi connectivity index (χ0n) is 11.0. The van der Waals surface area contributed by atoms with E-state index < -0.39 is 0 Å². The zero-order chi connectivity index (χ0) is 13.2. The van der Waals surface area contributed by atoms with Crippen LogP contribution in [0.1, 0.15) is 20.3 Å². The minimum Gasteiger partial charge on any atom is -0.396 e. The Labute approximate surface area is 117 Å². The number of para-hydroxylation sites is 1. The first kappa shape index (κ1) is 13.8. The molecular weight excluding hydrogens is 292 g/mol. The Balaban J connectivity index is 2.20. The van der Waals surface area contributed by atoms with Gasteiger partial charge in [-0.3, -0.25) is 0 Å². The lowest BCUT2D eigenvalue weighted by Crippen LogP contribution is -2.62. The molecule has 1 aromatic rings. The summed E-state index contributed by atoms with van der Waals surface area (Å²) in [5.41, 5.74) is 1.29. The summed E-state index contributed by atoms with van der Waals surface area (Å²) >= 11 is 3.62. The molecule has 2 rings (SSSR count). The van der Waals surface area contributed by atoms with E-state index in [0.29, 0.717) is 6.04 Å². The normalized spacial score (nSPS) is 23.1. The Morgan fingerprint density at radius 3 is 2.83 bits per heavy atom. The van der Waals surface area contributed by atoms with Crippen LogP contribution in [0.3, 0.4) is 0 Å². The maximum absolute atomic E-state index is 9.13. The molecule has 4 heteroatoms. The van der Waals surface area contributed by atoms with Crippen LogP contribution in [-0.2, 0) is 0 Å². The minimum atomic E-state index is 0.0629. The fourth-order valence-corrected chi connectivity index (χ4v) is 3.20. The third-order valence-electron chi connectivity index (χ3n) is 3.29. The van der Waals surface area contributed by atoms with Crippen LogP contribution in [0.4, 0.5) is 5.69 Å². The molecule has 0 radical (unpaired) electrons. The average Bonchev–Trinajstić information content (AvgIpc) is 2.27. The van der Waals surface area contributed by atoms with Gasteiger partial charge in [0, 0.05) is 35.7 Å². The smallest absolute Gasteiger partial charge is 0.0511 e. The van der Waals surface area contributed by atoms with Gasteiger partial charge in [-0.05, 0) is 48.3 Å². The zero-order valence-corrected chi connectivity index (χ0v) is 12.6. The Kier molecular flexibility index (Phi) is 4.30. The second-order valence-electron chi connectivity index (χ2n) is 5.57. The van der Waals surface area contributed by atoms with E-state index in [0.717, 1.165) is 24.0 Å². The molecule has 2 N–H and O–H groups in total. The van der Waals surface area contributed by atoms with Gasteiger partial charge in [0.05, 0.1) is 5.69 Å². The van der Waals surface area contributed by atoms with Crippen LogP contribution in [0.15, 0.2) is 28.7 Å². The first-order valence-corrected chi connectivity index (χ1v) is 7.19. The van der Waals surface area contributed by atoms with E-state index in [1.165, 1.54) is 5.69 Å². The lowest BCUT2D eigenvalue weighted by atomic mass is 9.96. The van der Waals surface area contributed by atoms with Gasteiger partial charge in [0.15, 0.2) is 0 Å². The van der Waals surface area contributed by atoms with Crippen molar-refractivity contribution in [1.29, 1.82) is 0 Å². The first-order valence-electron chi connectivity index (χ1n) is 6.40. The predicted octanol–water partition coefficient (Wildman–Crippen LogP) is 2.39. The highest BCUT2D eigenvalue weighted by Crippen LogP contribution is 2.29. The third-order valence-corrected chi connectivity index (χ3v) is 3.96. The molecule has 1 saturated heterocycles. The van der Waals surface area contributed by atoms with Crippen molar-refractivity contribution in [3.8, 4) is 0 Å². The Morgan fingerprint density at radius 1 is 1.44 bits per heavy atom. The van der Waals surface area contributed by atoms with E-state index in [1.807, 2.05) is 6.07 Å². The number of halogens is 1. The summed E-state index contributed by atoms with van der Waals surface area (Å²) in [6.07, 6.45) is 0.796. The summed E-state index contributed by atoms with van der Waals surface area (Å²) in [6.45, 7) is 6.56. The number of nitrogens with zero attached hydrogens (tertiary/aromatic N) is 1. The number of hydrogen-bond acceptors (Lipinski definition) is 3. The monoisotopic (exact) mass is 312 g/mol. The number of nitrogens with one attached hydrogen (secondary N) is 1. The fourth-order valence-electron chi connectivity index (χ4n) is 2.66. The van der Waals surface area contributed by atoms with Crippen molar-refractivity contribution < 1.29 is 5.11 Å². The first-order chi connectivity index (χ1) is 8.52. The van der Waals surface area contributed by atoms with Crippen LogP contribution in [0.5, 0.6) is 0 Å². The lowest BCUT2D eigenvalue weighted by molar-refractivity contribution is 0.224. The van der Waals surface area contributed by atoms with Crippen molar-refractivity contribution >= 4 is 21.6 Å². The van der Waals surface area contributed by atoms with Gasteiger partial charge in [-0.15, -0.1) is 0 Å². The van der Waals surface area contributed by atoms with Crippen molar-refractivity contribution in [2.45, 2.75) is 31.8 Å². The van der Waals surface area contributed by atoms with Gasteiger partial charge >= 0.3 is 0 Å². The SMILES string of the molecule is CC1(C)CN(c2ccccc2Br)CC(CCO)N1. The number of anilines is 1. The molecule has 1 aliphatic rings. The summed E-state index contributed by atoms with van der Waals surface area (Å²) in [7, 11) is 0. The summed E-state index contributed by atoms with van der Waals surface area (Å²) in [5.74, 6) is 0. The van der Waals surface area contributed by atoms with Gasteiger partial charge < -0.3 is 15.3 Å². The fraction of sp³-hybridized carbons (Fsp3) is 0.571. The van der Waals surface area contributed by atoms with Gasteiger partial charge in [0.25, 0.3) is 0 Å². The second kappa shape index (κ2) is 5.59. The Hall–Kier alpha value is -0.580. The summed E-state index contributed by atoms with van der Waals surface area (Å²) < 4.78 is 1.13. The van der Waals surface area contributed by atoms with Gasteiger partial charge in [0.2, 0.25) is 0 Å².